The van der Waals surface area contributed by atoms with Gasteiger partial charge in [0.1, 0.15) is 0 Å². The summed E-state index contributed by atoms with van der Waals surface area (Å²) in [6, 6.07) is 16.1. The van der Waals surface area contributed by atoms with Crippen LogP contribution < -0.4 is 5.73 Å². The maximum absolute atomic E-state index is 13.3. The van der Waals surface area contributed by atoms with Crippen molar-refractivity contribution in [1.29, 1.82) is 0 Å². The average Bonchev–Trinajstić information content (AvgIpc) is 2.61. The number of nitrogen functional groups attached to an aromatic ring is 1. The van der Waals surface area contributed by atoms with Gasteiger partial charge < -0.3 is 10.6 Å². The number of carbonyl (C=O) groups excluding carboxylic acids is 1. The average molecular weight is 351 g/mol. The van der Waals surface area contributed by atoms with Gasteiger partial charge in [-0.15, -0.1) is 0 Å². The minimum absolute atomic E-state index is 0.0265. The Balaban J connectivity index is 2.03. The van der Waals surface area contributed by atoms with Crippen LogP contribution in [-0.2, 0) is 11.8 Å². The Labute approximate surface area is 157 Å². The molecule has 0 saturated carbocycles. The van der Waals surface area contributed by atoms with Gasteiger partial charge in [-0.05, 0) is 59.6 Å². The quantitative estimate of drug-likeness (QED) is 0.818. The fraction of sp³-hybridized carbons (Fsp3) is 0.435. The smallest absolute Gasteiger partial charge is 0.254 e. The number of likely N-dealkylation sites (N-methyl/N-ethyl adjacent to an activating group) is 1. The van der Waals surface area contributed by atoms with Crippen molar-refractivity contribution in [2.24, 2.45) is 5.41 Å². The number of nitrogens with two attached hydrogens (primary N) is 1. The van der Waals surface area contributed by atoms with Crippen molar-refractivity contribution in [3.05, 3.63) is 65.2 Å². The largest absolute Gasteiger partial charge is 0.399 e. The Bertz CT molecular complexity index is 805. The van der Waals surface area contributed by atoms with Gasteiger partial charge in [0.05, 0.1) is 0 Å². The van der Waals surface area contributed by atoms with E-state index >= 15 is 0 Å². The highest BCUT2D eigenvalue weighted by atomic mass is 16.2. The summed E-state index contributed by atoms with van der Waals surface area (Å²) in [7, 11) is 0. The molecule has 138 valence electrons. The molecule has 0 fully saturated rings. The lowest BCUT2D eigenvalue weighted by Crippen LogP contribution is -2.58. The van der Waals surface area contributed by atoms with Crippen LogP contribution in [0.4, 0.5) is 5.69 Å². The van der Waals surface area contributed by atoms with Crippen LogP contribution >= 0.6 is 0 Å². The van der Waals surface area contributed by atoms with E-state index < -0.39 is 0 Å². The van der Waals surface area contributed by atoms with Crippen LogP contribution in [0.15, 0.2) is 48.5 Å². The number of anilines is 1. The Morgan fingerprint density at radius 3 is 2.31 bits per heavy atom. The third-order valence-electron chi connectivity index (χ3n) is 6.68. The molecule has 3 heteroatoms. The Morgan fingerprint density at radius 1 is 1.08 bits per heavy atom. The normalized spacial score (nSPS) is 20.3. The molecule has 1 amide bonds. The van der Waals surface area contributed by atoms with Crippen LogP contribution in [0, 0.1) is 5.41 Å². The first-order chi connectivity index (χ1) is 12.2. The highest BCUT2D eigenvalue weighted by molar-refractivity contribution is 5.94. The number of nitrogens with zero attached hydrogens (tertiary/aromatic N) is 1. The molecule has 3 nitrogen and oxygen atoms in total. The van der Waals surface area contributed by atoms with Gasteiger partial charge in [-0.3, -0.25) is 4.79 Å². The van der Waals surface area contributed by atoms with Gasteiger partial charge in [-0.1, -0.05) is 52.0 Å². The van der Waals surface area contributed by atoms with Crippen molar-refractivity contribution in [3.8, 4) is 0 Å². The molecule has 3 rings (SSSR count). The van der Waals surface area contributed by atoms with Crippen LogP contribution in [0.2, 0.25) is 0 Å². The molecule has 2 aromatic carbocycles. The summed E-state index contributed by atoms with van der Waals surface area (Å²) >= 11 is 0. The van der Waals surface area contributed by atoms with Gasteiger partial charge in [0.25, 0.3) is 5.91 Å². The van der Waals surface area contributed by atoms with Crippen LogP contribution in [0.5, 0.6) is 0 Å². The van der Waals surface area contributed by atoms with E-state index in [0.29, 0.717) is 17.8 Å². The topological polar surface area (TPSA) is 46.3 Å². The predicted octanol–water partition coefficient (Wildman–Crippen LogP) is 4.66. The monoisotopic (exact) mass is 350 g/mol. The summed E-state index contributed by atoms with van der Waals surface area (Å²) < 4.78 is 0. The van der Waals surface area contributed by atoms with E-state index in [1.807, 2.05) is 17.0 Å². The van der Waals surface area contributed by atoms with Crippen molar-refractivity contribution < 1.29 is 4.79 Å². The maximum Gasteiger partial charge on any atom is 0.254 e. The number of hydrogen-bond acceptors (Lipinski definition) is 2. The second kappa shape index (κ2) is 6.46. The summed E-state index contributed by atoms with van der Waals surface area (Å²) in [4.78, 5) is 15.3. The minimum Gasteiger partial charge on any atom is -0.399 e. The SMILES string of the molecule is CCN(C(=O)c1ccc(N)cc1)[C@@H]1Cc2ccccc2C(C)(C)C1(C)C. The lowest BCUT2D eigenvalue weighted by molar-refractivity contribution is 0.0215. The first kappa shape index (κ1) is 18.5. The number of benzene rings is 2. The molecule has 2 N–H and O–H groups in total. The van der Waals surface area contributed by atoms with Gasteiger partial charge in [0.15, 0.2) is 0 Å². The number of rotatable bonds is 3. The van der Waals surface area contributed by atoms with E-state index in [2.05, 4.69) is 58.9 Å². The van der Waals surface area contributed by atoms with Gasteiger partial charge in [0.2, 0.25) is 0 Å². The third-order valence-corrected chi connectivity index (χ3v) is 6.68. The molecule has 1 aliphatic carbocycles. The first-order valence-electron chi connectivity index (χ1n) is 9.45. The second-order valence-corrected chi connectivity index (χ2v) is 8.44. The van der Waals surface area contributed by atoms with Gasteiger partial charge in [0, 0.05) is 23.8 Å². The first-order valence-corrected chi connectivity index (χ1v) is 9.45. The Kier molecular flexibility index (Phi) is 4.60. The van der Waals surface area contributed by atoms with Gasteiger partial charge in [-0.2, -0.15) is 0 Å². The zero-order valence-electron chi connectivity index (χ0n) is 16.5. The third kappa shape index (κ3) is 2.80. The van der Waals surface area contributed by atoms with Crippen molar-refractivity contribution in [2.75, 3.05) is 12.3 Å². The van der Waals surface area contributed by atoms with Gasteiger partial charge >= 0.3 is 0 Å². The summed E-state index contributed by atoms with van der Waals surface area (Å²) in [5.41, 5.74) is 9.84. The van der Waals surface area contributed by atoms with E-state index in [1.165, 1.54) is 11.1 Å². The van der Waals surface area contributed by atoms with Gasteiger partial charge in [-0.25, -0.2) is 0 Å². The number of fused-ring (bicyclic) bond motifs is 1. The molecular weight excluding hydrogens is 320 g/mol. The lowest BCUT2D eigenvalue weighted by Gasteiger charge is -2.55. The molecule has 26 heavy (non-hydrogen) atoms. The fourth-order valence-corrected chi connectivity index (χ4v) is 4.33. The second-order valence-electron chi connectivity index (χ2n) is 8.44. The molecule has 2 aromatic rings. The van der Waals surface area contributed by atoms with Crippen LogP contribution in [0.1, 0.15) is 56.1 Å². The number of amides is 1. The zero-order valence-corrected chi connectivity index (χ0v) is 16.5. The summed E-state index contributed by atoms with van der Waals surface area (Å²) in [5.74, 6) is 0.0840. The van der Waals surface area contributed by atoms with E-state index in [4.69, 9.17) is 5.73 Å². The lowest BCUT2D eigenvalue weighted by atomic mass is 9.55. The molecule has 0 aliphatic heterocycles. The summed E-state index contributed by atoms with van der Waals surface area (Å²) in [6.07, 6.45) is 0.890. The standard InChI is InChI=1S/C23H30N2O/c1-6-25(21(26)16-11-13-18(24)14-12-16)20-15-17-9-7-8-10-19(17)22(2,3)23(20,4)5/h7-14,20H,6,15,24H2,1-5H3/t20-/m1/s1. The van der Waals surface area contributed by atoms with E-state index in [1.54, 1.807) is 12.1 Å². The highest BCUT2D eigenvalue weighted by Crippen LogP contribution is 2.51. The van der Waals surface area contributed by atoms with Crippen molar-refractivity contribution in [3.63, 3.8) is 0 Å². The number of carbonyl (C=O) groups is 1. The van der Waals surface area contributed by atoms with E-state index in [9.17, 15) is 4.79 Å². The van der Waals surface area contributed by atoms with Crippen molar-refractivity contribution in [1.82, 2.24) is 4.90 Å². The molecule has 0 aromatic heterocycles. The Morgan fingerprint density at radius 2 is 1.69 bits per heavy atom. The molecule has 0 heterocycles. The molecule has 0 saturated heterocycles. The van der Waals surface area contributed by atoms with Crippen LogP contribution in [0.3, 0.4) is 0 Å². The van der Waals surface area contributed by atoms with Crippen molar-refractivity contribution >= 4 is 11.6 Å². The Hall–Kier alpha value is -2.29. The molecule has 1 aliphatic rings. The predicted molar refractivity (Wildman–Crippen MR) is 108 cm³/mol. The number of hydrogen-bond donors (Lipinski definition) is 1. The fourth-order valence-electron chi connectivity index (χ4n) is 4.33. The molecule has 1 atom stereocenters. The maximum atomic E-state index is 13.3. The molecule has 0 bridgehead atoms. The molecule has 0 radical (unpaired) electrons. The van der Waals surface area contributed by atoms with Crippen LogP contribution in [0.25, 0.3) is 0 Å². The van der Waals surface area contributed by atoms with E-state index in [-0.39, 0.29) is 22.8 Å². The van der Waals surface area contributed by atoms with E-state index in [0.717, 1.165) is 6.42 Å². The summed E-state index contributed by atoms with van der Waals surface area (Å²) in [5, 5.41) is 0. The minimum atomic E-state index is -0.0547. The highest BCUT2D eigenvalue weighted by Gasteiger charge is 2.51. The zero-order chi connectivity index (χ0) is 19.1. The summed E-state index contributed by atoms with van der Waals surface area (Å²) in [6.45, 7) is 12.0. The molecule has 0 spiro atoms. The van der Waals surface area contributed by atoms with Crippen molar-refractivity contribution in [2.45, 2.75) is 52.5 Å². The molecular formula is C23H30N2O. The van der Waals surface area contributed by atoms with Crippen LogP contribution in [-0.4, -0.2) is 23.4 Å². The molecule has 0 unspecified atom stereocenters.